The summed E-state index contributed by atoms with van der Waals surface area (Å²) in [6, 6.07) is 9.38. The number of aliphatic imine (C=N–C) groups is 1. The minimum Gasteiger partial charge on any atom is -0.494 e. The summed E-state index contributed by atoms with van der Waals surface area (Å²) in [6.07, 6.45) is 1.78. The Hall–Kier alpha value is -2.45. The van der Waals surface area contributed by atoms with Crippen molar-refractivity contribution in [1.82, 2.24) is 5.32 Å². The van der Waals surface area contributed by atoms with E-state index in [0.29, 0.717) is 33.0 Å². The number of nitrogens with one attached hydrogen (secondary N) is 1. The van der Waals surface area contributed by atoms with E-state index in [1.807, 2.05) is 37.3 Å². The Balaban J connectivity index is 1.91. The van der Waals surface area contributed by atoms with Crippen molar-refractivity contribution < 1.29 is 19.0 Å². The van der Waals surface area contributed by atoms with Crippen molar-refractivity contribution in [3.8, 4) is 17.2 Å². The summed E-state index contributed by atoms with van der Waals surface area (Å²) in [7, 11) is 4.73. The van der Waals surface area contributed by atoms with Crippen LogP contribution in [-0.4, -0.2) is 32.4 Å². The van der Waals surface area contributed by atoms with Gasteiger partial charge in [-0.25, -0.2) is 4.99 Å². The van der Waals surface area contributed by atoms with E-state index >= 15 is 0 Å². The van der Waals surface area contributed by atoms with Crippen molar-refractivity contribution in [2.45, 2.75) is 6.92 Å². The molecule has 28 heavy (non-hydrogen) atoms. The van der Waals surface area contributed by atoms with Gasteiger partial charge in [-0.15, -0.1) is 0 Å². The summed E-state index contributed by atoms with van der Waals surface area (Å²) in [4.78, 5) is 17.5. The third kappa shape index (κ3) is 4.34. The van der Waals surface area contributed by atoms with Gasteiger partial charge in [-0.3, -0.25) is 4.79 Å². The molecule has 1 saturated heterocycles. The molecular weight excluding hydrogens is 444 g/mol. The third-order valence-electron chi connectivity index (χ3n) is 3.96. The van der Waals surface area contributed by atoms with Crippen molar-refractivity contribution in [3.63, 3.8) is 0 Å². The molecule has 1 heterocycles. The molecule has 0 unspecified atom stereocenters. The number of aryl methyl sites for hydroxylation is 1. The minimum absolute atomic E-state index is 0.207. The second kappa shape index (κ2) is 8.70. The lowest BCUT2D eigenvalue weighted by Gasteiger charge is -2.10. The largest absolute Gasteiger partial charge is 0.494 e. The van der Waals surface area contributed by atoms with E-state index in [-0.39, 0.29) is 5.91 Å². The maximum Gasteiger partial charge on any atom is 0.264 e. The molecule has 0 atom stereocenters. The Labute approximate surface area is 176 Å². The number of amidine groups is 1. The molecule has 0 saturated carbocycles. The van der Waals surface area contributed by atoms with Crippen molar-refractivity contribution in [1.29, 1.82) is 0 Å². The zero-order valence-corrected chi connectivity index (χ0v) is 18.2. The lowest BCUT2D eigenvalue weighted by Crippen LogP contribution is -2.19. The highest BCUT2D eigenvalue weighted by atomic mass is 79.9. The van der Waals surface area contributed by atoms with Crippen LogP contribution in [0.1, 0.15) is 11.1 Å². The quantitative estimate of drug-likeness (QED) is 0.653. The van der Waals surface area contributed by atoms with E-state index in [1.165, 1.54) is 11.8 Å². The number of carbonyl (C=O) groups is 1. The van der Waals surface area contributed by atoms with Gasteiger partial charge in [-0.1, -0.05) is 6.07 Å². The van der Waals surface area contributed by atoms with Crippen LogP contribution in [0.3, 0.4) is 0 Å². The summed E-state index contributed by atoms with van der Waals surface area (Å²) in [5.74, 6) is 1.61. The summed E-state index contributed by atoms with van der Waals surface area (Å²) in [5, 5.41) is 3.29. The van der Waals surface area contributed by atoms with Gasteiger partial charge in [0.25, 0.3) is 5.91 Å². The van der Waals surface area contributed by atoms with Gasteiger partial charge in [0, 0.05) is 0 Å². The van der Waals surface area contributed by atoms with Gasteiger partial charge in [0.05, 0.1) is 30.7 Å². The summed E-state index contributed by atoms with van der Waals surface area (Å²) in [5.41, 5.74) is 2.53. The number of nitrogens with zero attached hydrogens (tertiary/aromatic N) is 1. The molecule has 1 N–H and O–H groups in total. The van der Waals surface area contributed by atoms with Gasteiger partial charge in [0.1, 0.15) is 11.4 Å². The van der Waals surface area contributed by atoms with Gasteiger partial charge in [-0.2, -0.15) is 0 Å². The molecule has 0 radical (unpaired) electrons. The Morgan fingerprint density at radius 1 is 1.07 bits per heavy atom. The highest BCUT2D eigenvalue weighted by Crippen LogP contribution is 2.38. The van der Waals surface area contributed by atoms with Crippen LogP contribution in [0.5, 0.6) is 17.2 Å². The number of halogens is 1. The SMILES string of the molecule is COc1ccc(C)cc1N=C1NC(=O)/C(=C/c2cc(Br)c(OC)c(OC)c2)S1. The number of carbonyl (C=O) groups excluding carboxylic acids is 1. The van der Waals surface area contributed by atoms with Crippen LogP contribution in [0.2, 0.25) is 0 Å². The number of benzene rings is 2. The lowest BCUT2D eigenvalue weighted by atomic mass is 10.2. The number of hydrogen-bond acceptors (Lipinski definition) is 6. The topological polar surface area (TPSA) is 69.2 Å². The number of ether oxygens (including phenoxy) is 3. The fourth-order valence-corrected chi connectivity index (χ4v) is 4.11. The fourth-order valence-electron chi connectivity index (χ4n) is 2.65. The van der Waals surface area contributed by atoms with Crippen molar-refractivity contribution in [2.24, 2.45) is 4.99 Å². The Morgan fingerprint density at radius 3 is 2.50 bits per heavy atom. The molecule has 0 bridgehead atoms. The molecule has 1 aliphatic rings. The molecule has 2 aromatic rings. The molecule has 6 nitrogen and oxygen atoms in total. The van der Waals surface area contributed by atoms with Crippen LogP contribution < -0.4 is 19.5 Å². The first-order valence-electron chi connectivity index (χ1n) is 8.31. The number of amides is 1. The highest BCUT2D eigenvalue weighted by Gasteiger charge is 2.24. The van der Waals surface area contributed by atoms with Crippen molar-refractivity contribution >= 4 is 50.5 Å². The average molecular weight is 463 g/mol. The molecule has 8 heteroatoms. The van der Waals surface area contributed by atoms with Gasteiger partial charge >= 0.3 is 0 Å². The Bertz CT molecular complexity index is 988. The number of thioether (sulfide) groups is 1. The predicted octanol–water partition coefficient (Wildman–Crippen LogP) is 4.67. The summed E-state index contributed by atoms with van der Waals surface area (Å²) < 4.78 is 16.8. The van der Waals surface area contributed by atoms with E-state index < -0.39 is 0 Å². The van der Waals surface area contributed by atoms with Gasteiger partial charge in [0.15, 0.2) is 16.7 Å². The molecular formula is C20H19BrN2O4S. The molecule has 1 amide bonds. The van der Waals surface area contributed by atoms with Crippen LogP contribution >= 0.6 is 27.7 Å². The lowest BCUT2D eigenvalue weighted by molar-refractivity contribution is -0.115. The molecule has 3 rings (SSSR count). The molecule has 146 valence electrons. The van der Waals surface area contributed by atoms with Crippen LogP contribution in [-0.2, 0) is 4.79 Å². The van der Waals surface area contributed by atoms with E-state index in [0.717, 1.165) is 15.6 Å². The highest BCUT2D eigenvalue weighted by molar-refractivity contribution is 9.10. The summed E-state index contributed by atoms with van der Waals surface area (Å²) >= 11 is 4.73. The molecule has 1 fully saturated rings. The second-order valence-corrected chi connectivity index (χ2v) is 7.78. The first kappa shape index (κ1) is 20.3. The van der Waals surface area contributed by atoms with Crippen LogP contribution in [0.15, 0.2) is 44.7 Å². The number of methoxy groups -OCH3 is 3. The molecule has 0 aliphatic carbocycles. The minimum atomic E-state index is -0.207. The maximum atomic E-state index is 12.4. The zero-order valence-electron chi connectivity index (χ0n) is 15.8. The predicted molar refractivity (Wildman–Crippen MR) is 116 cm³/mol. The Morgan fingerprint density at radius 2 is 1.82 bits per heavy atom. The molecule has 1 aliphatic heterocycles. The zero-order chi connectivity index (χ0) is 20.3. The summed E-state index contributed by atoms with van der Waals surface area (Å²) in [6.45, 7) is 1.98. The second-order valence-electron chi connectivity index (χ2n) is 5.90. The van der Waals surface area contributed by atoms with Crippen LogP contribution in [0, 0.1) is 6.92 Å². The van der Waals surface area contributed by atoms with Crippen LogP contribution in [0.25, 0.3) is 6.08 Å². The fraction of sp³-hybridized carbons (Fsp3) is 0.200. The third-order valence-corrected chi connectivity index (χ3v) is 5.46. The van der Waals surface area contributed by atoms with Crippen molar-refractivity contribution in [3.05, 3.63) is 50.8 Å². The monoisotopic (exact) mass is 462 g/mol. The molecule has 0 spiro atoms. The van der Waals surface area contributed by atoms with Crippen molar-refractivity contribution in [2.75, 3.05) is 21.3 Å². The van der Waals surface area contributed by atoms with Gasteiger partial charge in [0.2, 0.25) is 0 Å². The Kier molecular flexibility index (Phi) is 6.31. The van der Waals surface area contributed by atoms with E-state index in [9.17, 15) is 4.79 Å². The standard InChI is InChI=1S/C20H19BrN2O4S/c1-11-5-6-15(25-2)14(7-11)22-20-23-19(24)17(28-20)10-12-8-13(21)18(27-4)16(9-12)26-3/h5-10H,1-4H3,(H,22,23,24)/b17-10-. The van der Waals surface area contributed by atoms with E-state index in [2.05, 4.69) is 26.2 Å². The normalized spacial score (nSPS) is 16.4. The number of rotatable bonds is 5. The first-order chi connectivity index (χ1) is 13.4. The molecule has 2 aromatic carbocycles. The van der Waals surface area contributed by atoms with Gasteiger partial charge < -0.3 is 19.5 Å². The van der Waals surface area contributed by atoms with E-state index in [4.69, 9.17) is 14.2 Å². The van der Waals surface area contributed by atoms with Crippen LogP contribution in [0.4, 0.5) is 5.69 Å². The molecule has 0 aromatic heterocycles. The first-order valence-corrected chi connectivity index (χ1v) is 9.92. The maximum absolute atomic E-state index is 12.4. The number of hydrogen-bond donors (Lipinski definition) is 1. The average Bonchev–Trinajstić information content (AvgIpc) is 3.00. The van der Waals surface area contributed by atoms with E-state index in [1.54, 1.807) is 27.4 Å². The van der Waals surface area contributed by atoms with Gasteiger partial charge in [-0.05, 0) is 76.1 Å². The smallest absolute Gasteiger partial charge is 0.264 e.